The van der Waals surface area contributed by atoms with Crippen molar-refractivity contribution in [1.82, 2.24) is 9.78 Å². The zero-order valence-electron chi connectivity index (χ0n) is 15.6. The number of aliphatic imine (C=N–C) groups is 1. The third-order valence-corrected chi connectivity index (χ3v) is 4.23. The molecule has 28 heavy (non-hydrogen) atoms. The van der Waals surface area contributed by atoms with Crippen molar-refractivity contribution in [2.75, 3.05) is 7.11 Å². The van der Waals surface area contributed by atoms with E-state index in [9.17, 15) is 14.0 Å². The van der Waals surface area contributed by atoms with Crippen LogP contribution in [0.4, 0.5) is 10.1 Å². The second-order valence-corrected chi connectivity index (χ2v) is 6.14. The third-order valence-electron chi connectivity index (χ3n) is 4.23. The minimum absolute atomic E-state index is 0.297. The SMILES string of the molecule is CCCc1[nH]n(-c2ccc(F)cc2)c(=O)c1C=Nc1ccccc1C(=O)OC. The van der Waals surface area contributed by atoms with Gasteiger partial charge in [0.1, 0.15) is 5.82 Å². The fraction of sp³-hybridized carbons (Fsp3) is 0.190. The molecule has 0 amide bonds. The molecule has 0 saturated carbocycles. The van der Waals surface area contributed by atoms with Gasteiger partial charge in [0, 0.05) is 11.9 Å². The number of ether oxygens (including phenoxy) is 1. The van der Waals surface area contributed by atoms with Gasteiger partial charge in [0.15, 0.2) is 0 Å². The van der Waals surface area contributed by atoms with Crippen LogP contribution in [0.2, 0.25) is 0 Å². The zero-order valence-corrected chi connectivity index (χ0v) is 15.6. The Balaban J connectivity index is 2.05. The Morgan fingerprint density at radius 2 is 1.93 bits per heavy atom. The van der Waals surface area contributed by atoms with Gasteiger partial charge in [-0.2, -0.15) is 0 Å². The molecule has 0 unspecified atom stereocenters. The van der Waals surface area contributed by atoms with Gasteiger partial charge in [-0.25, -0.2) is 13.9 Å². The van der Waals surface area contributed by atoms with Crippen LogP contribution in [0.15, 0.2) is 58.3 Å². The topological polar surface area (TPSA) is 76.5 Å². The number of nitrogens with one attached hydrogen (secondary N) is 1. The number of carbonyl (C=O) groups is 1. The predicted octanol–water partition coefficient (Wildman–Crippen LogP) is 3.79. The van der Waals surface area contributed by atoms with Gasteiger partial charge in [0.05, 0.1) is 29.6 Å². The number of methoxy groups -OCH3 is 1. The molecular formula is C21H20FN3O3. The van der Waals surface area contributed by atoms with Crippen molar-refractivity contribution >= 4 is 17.9 Å². The first-order valence-corrected chi connectivity index (χ1v) is 8.86. The van der Waals surface area contributed by atoms with Gasteiger partial charge in [0.2, 0.25) is 0 Å². The molecule has 0 saturated heterocycles. The number of carbonyl (C=O) groups excluding carboxylic acids is 1. The minimum atomic E-state index is -0.501. The van der Waals surface area contributed by atoms with Crippen LogP contribution in [0.25, 0.3) is 5.69 Å². The molecule has 2 aromatic carbocycles. The molecule has 0 bridgehead atoms. The van der Waals surface area contributed by atoms with Crippen molar-refractivity contribution in [3.8, 4) is 5.69 Å². The summed E-state index contributed by atoms with van der Waals surface area (Å²) < 4.78 is 19.3. The lowest BCUT2D eigenvalue weighted by Crippen LogP contribution is -2.17. The number of aromatic amines is 1. The summed E-state index contributed by atoms with van der Waals surface area (Å²) in [6.07, 6.45) is 2.91. The molecule has 3 rings (SSSR count). The number of aromatic nitrogens is 2. The Morgan fingerprint density at radius 1 is 1.21 bits per heavy atom. The van der Waals surface area contributed by atoms with Crippen LogP contribution in [0.1, 0.15) is 35.0 Å². The van der Waals surface area contributed by atoms with Crippen LogP contribution in [-0.2, 0) is 11.2 Å². The number of aryl methyl sites for hydroxylation is 1. The van der Waals surface area contributed by atoms with Gasteiger partial charge in [0.25, 0.3) is 5.56 Å². The van der Waals surface area contributed by atoms with Crippen molar-refractivity contribution in [3.63, 3.8) is 0 Å². The van der Waals surface area contributed by atoms with Crippen molar-refractivity contribution in [3.05, 3.63) is 81.5 Å². The van der Waals surface area contributed by atoms with Crippen LogP contribution >= 0.6 is 0 Å². The lowest BCUT2D eigenvalue weighted by molar-refractivity contribution is 0.0601. The molecule has 3 aromatic rings. The molecule has 7 heteroatoms. The molecule has 6 nitrogen and oxygen atoms in total. The van der Waals surface area contributed by atoms with Gasteiger partial charge in [-0.3, -0.25) is 14.9 Å². The summed E-state index contributed by atoms with van der Waals surface area (Å²) in [5, 5.41) is 3.07. The summed E-state index contributed by atoms with van der Waals surface area (Å²) in [4.78, 5) is 29.2. The largest absolute Gasteiger partial charge is 0.465 e. The highest BCUT2D eigenvalue weighted by atomic mass is 19.1. The molecule has 0 aliphatic carbocycles. The van der Waals surface area contributed by atoms with E-state index < -0.39 is 5.97 Å². The maximum Gasteiger partial charge on any atom is 0.340 e. The summed E-state index contributed by atoms with van der Waals surface area (Å²) in [7, 11) is 1.30. The van der Waals surface area contributed by atoms with Gasteiger partial charge in [-0.1, -0.05) is 25.5 Å². The maximum atomic E-state index is 13.2. The van der Waals surface area contributed by atoms with Crippen LogP contribution < -0.4 is 5.56 Å². The average molecular weight is 381 g/mol. The fourth-order valence-electron chi connectivity index (χ4n) is 2.84. The number of H-pyrrole nitrogens is 1. The van der Waals surface area contributed by atoms with Gasteiger partial charge < -0.3 is 4.74 Å². The summed E-state index contributed by atoms with van der Waals surface area (Å²) in [5.41, 5.74) is 2.06. The molecule has 0 aliphatic heterocycles. The van der Waals surface area contributed by atoms with Crippen molar-refractivity contribution in [2.45, 2.75) is 19.8 Å². The highest BCUT2D eigenvalue weighted by Crippen LogP contribution is 2.20. The second-order valence-electron chi connectivity index (χ2n) is 6.14. The molecule has 0 atom stereocenters. The van der Waals surface area contributed by atoms with Gasteiger partial charge in [-0.05, 0) is 42.8 Å². The Bertz CT molecular complexity index is 1070. The van der Waals surface area contributed by atoms with E-state index in [0.29, 0.717) is 28.9 Å². The first kappa shape index (κ1) is 19.3. The zero-order chi connectivity index (χ0) is 20.1. The number of esters is 1. The Hall–Kier alpha value is -3.48. The first-order chi connectivity index (χ1) is 13.5. The minimum Gasteiger partial charge on any atom is -0.465 e. The normalized spacial score (nSPS) is 11.1. The summed E-state index contributed by atoms with van der Waals surface area (Å²) in [6.45, 7) is 2.00. The van der Waals surface area contributed by atoms with E-state index in [4.69, 9.17) is 4.74 Å². The molecule has 0 radical (unpaired) electrons. The Labute approximate surface area is 161 Å². The third kappa shape index (κ3) is 3.93. The van der Waals surface area contributed by atoms with Crippen molar-refractivity contribution in [1.29, 1.82) is 0 Å². The number of halogens is 1. The van der Waals surface area contributed by atoms with Crippen LogP contribution in [0.5, 0.6) is 0 Å². The second kappa shape index (κ2) is 8.47. The van der Waals surface area contributed by atoms with E-state index >= 15 is 0 Å². The molecule has 0 spiro atoms. The molecule has 1 N–H and O–H groups in total. The van der Waals surface area contributed by atoms with Crippen LogP contribution in [0.3, 0.4) is 0 Å². The number of nitrogens with zero attached hydrogens (tertiary/aromatic N) is 2. The van der Waals surface area contributed by atoms with Crippen molar-refractivity contribution < 1.29 is 13.9 Å². The summed E-state index contributed by atoms with van der Waals surface area (Å²) in [5.74, 6) is -0.877. The summed E-state index contributed by atoms with van der Waals surface area (Å²) in [6, 6.07) is 12.4. The standard InChI is InChI=1S/C21H20FN3O3/c1-3-6-19-17(13-23-18-8-5-4-7-16(18)21(27)28-2)20(26)25(24-19)15-11-9-14(22)10-12-15/h4-5,7-13,24H,3,6H2,1-2H3. The maximum absolute atomic E-state index is 13.2. The molecule has 0 fully saturated rings. The van der Waals surface area contributed by atoms with Gasteiger partial charge in [-0.15, -0.1) is 0 Å². The molecule has 144 valence electrons. The summed E-state index contributed by atoms with van der Waals surface area (Å²) >= 11 is 0. The quantitative estimate of drug-likeness (QED) is 0.521. The smallest absolute Gasteiger partial charge is 0.340 e. The number of hydrogen-bond donors (Lipinski definition) is 1. The Kier molecular flexibility index (Phi) is 5.84. The first-order valence-electron chi connectivity index (χ1n) is 8.86. The molecule has 1 aromatic heterocycles. The average Bonchev–Trinajstić information content (AvgIpc) is 3.02. The molecule has 1 heterocycles. The van der Waals surface area contributed by atoms with E-state index in [0.717, 1.165) is 12.1 Å². The van der Waals surface area contributed by atoms with Crippen LogP contribution in [-0.4, -0.2) is 29.1 Å². The highest BCUT2D eigenvalue weighted by molar-refractivity contribution is 5.96. The van der Waals surface area contributed by atoms with E-state index in [1.807, 2.05) is 6.92 Å². The van der Waals surface area contributed by atoms with E-state index in [2.05, 4.69) is 10.1 Å². The fourth-order valence-corrected chi connectivity index (χ4v) is 2.84. The van der Waals surface area contributed by atoms with Gasteiger partial charge >= 0.3 is 5.97 Å². The number of hydrogen-bond acceptors (Lipinski definition) is 4. The number of rotatable bonds is 6. The van der Waals surface area contributed by atoms with Crippen molar-refractivity contribution in [2.24, 2.45) is 4.99 Å². The highest BCUT2D eigenvalue weighted by Gasteiger charge is 2.15. The molecule has 0 aliphatic rings. The monoisotopic (exact) mass is 381 g/mol. The predicted molar refractivity (Wildman–Crippen MR) is 105 cm³/mol. The van der Waals surface area contributed by atoms with E-state index in [1.54, 1.807) is 24.3 Å². The van der Waals surface area contributed by atoms with Crippen LogP contribution in [0, 0.1) is 5.82 Å². The van der Waals surface area contributed by atoms with E-state index in [1.165, 1.54) is 42.3 Å². The number of benzene rings is 2. The lowest BCUT2D eigenvalue weighted by Gasteiger charge is -2.02. The van der Waals surface area contributed by atoms with E-state index in [-0.39, 0.29) is 11.4 Å². The molecular weight excluding hydrogens is 361 g/mol. The number of para-hydroxylation sites is 1. The Morgan fingerprint density at radius 3 is 2.61 bits per heavy atom. The lowest BCUT2D eigenvalue weighted by atomic mass is 10.1.